The molecule has 7 aromatic carbocycles. The van der Waals surface area contributed by atoms with E-state index in [0.29, 0.717) is 0 Å². The molecule has 10 aromatic rings. The summed E-state index contributed by atoms with van der Waals surface area (Å²) in [4.78, 5) is 0. The topological polar surface area (TPSA) is 23.0 Å². The van der Waals surface area contributed by atoms with Crippen LogP contribution in [-0.2, 0) is 0 Å². The summed E-state index contributed by atoms with van der Waals surface area (Å²) in [5.41, 5.74) is 12.4. The number of nitrogens with zero attached hydrogens (tertiary/aromatic N) is 2. The molecule has 0 aliphatic heterocycles. The third-order valence-electron chi connectivity index (χ3n) is 9.52. The Morgan fingerprint density at radius 1 is 0.340 bits per heavy atom. The van der Waals surface area contributed by atoms with Crippen LogP contribution in [0.5, 0.6) is 0 Å². The summed E-state index contributed by atoms with van der Waals surface area (Å²) in [6.45, 7) is 0. The first kappa shape index (κ1) is 26.0. The molecule has 0 aliphatic carbocycles. The molecular formula is C44H28N2O. The Bertz CT molecular complexity index is 2780. The largest absolute Gasteiger partial charge is 0.439 e. The fourth-order valence-corrected chi connectivity index (χ4v) is 7.39. The van der Waals surface area contributed by atoms with Gasteiger partial charge in [0, 0.05) is 32.9 Å². The van der Waals surface area contributed by atoms with Crippen LogP contribution in [0.3, 0.4) is 0 Å². The lowest BCUT2D eigenvalue weighted by atomic mass is 9.97. The van der Waals surface area contributed by atoms with E-state index in [4.69, 9.17) is 4.42 Å². The third kappa shape index (κ3) is 3.93. The summed E-state index contributed by atoms with van der Waals surface area (Å²) >= 11 is 0. The number of benzene rings is 7. The van der Waals surface area contributed by atoms with Gasteiger partial charge in [0.05, 0.1) is 21.9 Å². The van der Waals surface area contributed by atoms with Gasteiger partial charge < -0.3 is 8.98 Å². The molecule has 220 valence electrons. The van der Waals surface area contributed by atoms with Crippen molar-refractivity contribution < 1.29 is 4.42 Å². The highest BCUT2D eigenvalue weighted by Crippen LogP contribution is 2.41. The number of furan rings is 1. The fourth-order valence-electron chi connectivity index (χ4n) is 7.39. The monoisotopic (exact) mass is 600 g/mol. The van der Waals surface area contributed by atoms with Crippen LogP contribution in [0, 0.1) is 0 Å². The fraction of sp³-hybridized carbons (Fsp3) is 0. The first-order valence-corrected chi connectivity index (χ1v) is 16.0. The molecule has 3 nitrogen and oxygen atoms in total. The molecule has 0 spiro atoms. The van der Waals surface area contributed by atoms with Crippen molar-refractivity contribution >= 4 is 54.8 Å². The maximum atomic E-state index is 6.50. The first-order valence-electron chi connectivity index (χ1n) is 16.0. The van der Waals surface area contributed by atoms with Crippen molar-refractivity contribution in [2.24, 2.45) is 0 Å². The van der Waals surface area contributed by atoms with Gasteiger partial charge in [-0.3, -0.25) is 4.57 Å². The Labute approximate surface area is 271 Å². The van der Waals surface area contributed by atoms with E-state index in [1.165, 1.54) is 55.1 Å². The molecule has 3 heterocycles. The molecule has 0 fully saturated rings. The van der Waals surface area contributed by atoms with E-state index >= 15 is 0 Å². The second kappa shape index (κ2) is 10.1. The minimum absolute atomic E-state index is 0.876. The van der Waals surface area contributed by atoms with Crippen LogP contribution in [0.1, 0.15) is 0 Å². The number of hydrogen-bond donors (Lipinski definition) is 0. The van der Waals surface area contributed by atoms with Crippen molar-refractivity contribution in [1.29, 1.82) is 0 Å². The lowest BCUT2D eigenvalue weighted by molar-refractivity contribution is 0.645. The molecule has 3 aromatic heterocycles. The summed E-state index contributed by atoms with van der Waals surface area (Å²) < 4.78 is 11.1. The molecule has 0 bridgehead atoms. The van der Waals surface area contributed by atoms with E-state index in [0.717, 1.165) is 33.3 Å². The predicted molar refractivity (Wildman–Crippen MR) is 196 cm³/mol. The van der Waals surface area contributed by atoms with Crippen LogP contribution in [0.25, 0.3) is 88.4 Å². The maximum Gasteiger partial charge on any atom is 0.213 e. The van der Waals surface area contributed by atoms with Gasteiger partial charge in [0.15, 0.2) is 0 Å². The Morgan fingerprint density at radius 3 is 1.60 bits per heavy atom. The van der Waals surface area contributed by atoms with E-state index in [9.17, 15) is 0 Å². The number of hydrogen-bond acceptors (Lipinski definition) is 1. The summed E-state index contributed by atoms with van der Waals surface area (Å²) in [5, 5.41) is 5.99. The molecule has 3 heteroatoms. The van der Waals surface area contributed by atoms with Gasteiger partial charge in [0.1, 0.15) is 5.58 Å². The molecule has 0 saturated heterocycles. The van der Waals surface area contributed by atoms with Crippen molar-refractivity contribution in [3.63, 3.8) is 0 Å². The van der Waals surface area contributed by atoms with Gasteiger partial charge in [-0.05, 0) is 89.0 Å². The number of aromatic nitrogens is 2. The van der Waals surface area contributed by atoms with Crippen molar-refractivity contribution in [3.05, 3.63) is 170 Å². The smallest absolute Gasteiger partial charge is 0.213 e. The summed E-state index contributed by atoms with van der Waals surface area (Å²) in [6, 6.07) is 60.7. The highest BCUT2D eigenvalue weighted by atomic mass is 16.3. The zero-order valence-corrected chi connectivity index (χ0v) is 25.5. The van der Waals surface area contributed by atoms with Gasteiger partial charge in [-0.25, -0.2) is 0 Å². The molecule has 47 heavy (non-hydrogen) atoms. The van der Waals surface area contributed by atoms with Crippen LogP contribution in [-0.4, -0.2) is 9.13 Å². The average Bonchev–Trinajstić information content (AvgIpc) is 3.79. The SMILES string of the molecule is c1ccc(-n2c3ccccc3c3cc(-c4cccc(-c5ccc6c(c5)c5c7ccccc7oc5n6-c5ccccc5)c4)ccc32)cc1. The van der Waals surface area contributed by atoms with Crippen molar-refractivity contribution in [3.8, 4) is 33.6 Å². The van der Waals surface area contributed by atoms with Crippen LogP contribution in [0.2, 0.25) is 0 Å². The molecule has 0 unspecified atom stereocenters. The van der Waals surface area contributed by atoms with Crippen molar-refractivity contribution in [1.82, 2.24) is 9.13 Å². The quantitative estimate of drug-likeness (QED) is 0.197. The standard InChI is InChI=1S/C44H28N2O/c1-3-14-33(15-4-1)45-39-20-9-7-18-35(39)37-27-31(22-24-40(37)45)29-12-11-13-30(26-29)32-23-25-41-38(28-32)43-36-19-8-10-21-42(36)47-44(43)46(41)34-16-5-2-6-17-34/h1-28H. The number of fused-ring (bicyclic) bond motifs is 8. The molecule has 0 aliphatic rings. The second-order valence-electron chi connectivity index (χ2n) is 12.2. The van der Waals surface area contributed by atoms with E-state index in [1.807, 2.05) is 6.07 Å². The highest BCUT2D eigenvalue weighted by Gasteiger charge is 2.20. The van der Waals surface area contributed by atoms with Gasteiger partial charge in [-0.1, -0.05) is 103 Å². The summed E-state index contributed by atoms with van der Waals surface area (Å²) in [7, 11) is 0. The summed E-state index contributed by atoms with van der Waals surface area (Å²) in [5.74, 6) is 0. The normalized spacial score (nSPS) is 11.8. The Morgan fingerprint density at radius 2 is 0.872 bits per heavy atom. The summed E-state index contributed by atoms with van der Waals surface area (Å²) in [6.07, 6.45) is 0. The Balaban J connectivity index is 1.14. The number of para-hydroxylation sites is 4. The van der Waals surface area contributed by atoms with E-state index < -0.39 is 0 Å². The average molecular weight is 601 g/mol. The minimum atomic E-state index is 0.876. The van der Waals surface area contributed by atoms with Crippen LogP contribution in [0.4, 0.5) is 0 Å². The zero-order chi connectivity index (χ0) is 30.9. The molecule has 0 atom stereocenters. The van der Waals surface area contributed by atoms with Crippen LogP contribution in [0.15, 0.2) is 174 Å². The Kier molecular flexibility index (Phi) is 5.57. The van der Waals surface area contributed by atoms with Crippen molar-refractivity contribution in [2.75, 3.05) is 0 Å². The molecule has 10 rings (SSSR count). The van der Waals surface area contributed by atoms with Gasteiger partial charge >= 0.3 is 0 Å². The van der Waals surface area contributed by atoms with Crippen molar-refractivity contribution in [2.45, 2.75) is 0 Å². The third-order valence-corrected chi connectivity index (χ3v) is 9.52. The lowest BCUT2D eigenvalue weighted by Crippen LogP contribution is -1.92. The Hall–Kier alpha value is -6.32. The van der Waals surface area contributed by atoms with Crippen LogP contribution < -0.4 is 0 Å². The second-order valence-corrected chi connectivity index (χ2v) is 12.2. The van der Waals surface area contributed by atoms with Crippen LogP contribution >= 0.6 is 0 Å². The van der Waals surface area contributed by atoms with Gasteiger partial charge in [-0.15, -0.1) is 0 Å². The van der Waals surface area contributed by atoms with Gasteiger partial charge in [0.2, 0.25) is 5.71 Å². The van der Waals surface area contributed by atoms with E-state index in [-0.39, 0.29) is 0 Å². The molecule has 0 radical (unpaired) electrons. The van der Waals surface area contributed by atoms with Gasteiger partial charge in [-0.2, -0.15) is 0 Å². The molecule has 0 amide bonds. The first-order chi connectivity index (χ1) is 23.3. The maximum absolute atomic E-state index is 6.50. The zero-order valence-electron chi connectivity index (χ0n) is 25.5. The molecule has 0 N–H and O–H groups in total. The van der Waals surface area contributed by atoms with Gasteiger partial charge in [0.25, 0.3) is 0 Å². The lowest BCUT2D eigenvalue weighted by Gasteiger charge is -2.10. The highest BCUT2D eigenvalue weighted by molar-refractivity contribution is 6.20. The predicted octanol–water partition coefficient (Wildman–Crippen LogP) is 12.0. The van der Waals surface area contributed by atoms with E-state index in [2.05, 4.69) is 173 Å². The number of rotatable bonds is 4. The van der Waals surface area contributed by atoms with E-state index in [1.54, 1.807) is 0 Å². The minimum Gasteiger partial charge on any atom is -0.439 e. The molecular weight excluding hydrogens is 572 g/mol. The molecule has 0 saturated carbocycles.